The molecule has 1 amide bonds. The number of amides is 1. The molecule has 3 rings (SSSR count). The van der Waals surface area contributed by atoms with Crippen molar-refractivity contribution in [1.82, 2.24) is 14.8 Å². The zero-order chi connectivity index (χ0) is 14.1. The lowest BCUT2D eigenvalue weighted by Crippen LogP contribution is -2.53. The summed E-state index contributed by atoms with van der Waals surface area (Å²) in [4.78, 5) is 31.8. The summed E-state index contributed by atoms with van der Waals surface area (Å²) in [5.74, 6) is -0.182. The van der Waals surface area contributed by atoms with Gasteiger partial charge < -0.3 is 9.64 Å². The van der Waals surface area contributed by atoms with Crippen molar-refractivity contribution in [2.75, 3.05) is 32.8 Å². The molecule has 2 aliphatic heterocycles. The number of aromatic nitrogens is 1. The molecule has 2 atom stereocenters. The molecular weight excluding hydrogens is 278 g/mol. The fourth-order valence-corrected chi connectivity index (χ4v) is 3.35. The smallest absolute Gasteiger partial charge is 0.310 e. The number of carbonyl (C=O) groups is 2. The van der Waals surface area contributed by atoms with Crippen LogP contribution < -0.4 is 0 Å². The van der Waals surface area contributed by atoms with Crippen LogP contribution in [0.2, 0.25) is 0 Å². The van der Waals surface area contributed by atoms with Gasteiger partial charge in [0.25, 0.3) is 5.91 Å². The van der Waals surface area contributed by atoms with Gasteiger partial charge in [-0.3, -0.25) is 14.5 Å². The Morgan fingerprint density at radius 3 is 2.70 bits per heavy atom. The Hall–Kier alpha value is -1.47. The highest BCUT2D eigenvalue weighted by atomic mass is 32.1. The van der Waals surface area contributed by atoms with Gasteiger partial charge in [0.1, 0.15) is 6.61 Å². The molecule has 7 heteroatoms. The zero-order valence-electron chi connectivity index (χ0n) is 11.3. The Morgan fingerprint density at radius 2 is 2.15 bits per heavy atom. The summed E-state index contributed by atoms with van der Waals surface area (Å²) < 4.78 is 5.09. The number of rotatable bonds is 2. The molecule has 1 aromatic rings. The van der Waals surface area contributed by atoms with Crippen molar-refractivity contribution >= 4 is 23.2 Å². The van der Waals surface area contributed by atoms with Gasteiger partial charge in [-0.1, -0.05) is 6.92 Å². The Kier molecular flexibility index (Phi) is 3.71. The summed E-state index contributed by atoms with van der Waals surface area (Å²) in [7, 11) is 0. The number of cyclic esters (lactones) is 1. The molecule has 2 saturated heterocycles. The van der Waals surface area contributed by atoms with Gasteiger partial charge in [-0.15, -0.1) is 11.3 Å². The standard InChI is InChI=1S/C13H17N3O3S/c1-9-10(8-19-13(9)18)15-3-5-16(6-4-15)12(17)11-14-2-7-20-11/h2,7,9-10H,3-6,8H2,1H3/t9-,10+/m0/s1. The summed E-state index contributed by atoms with van der Waals surface area (Å²) in [6.07, 6.45) is 1.65. The van der Waals surface area contributed by atoms with Gasteiger partial charge in [0.05, 0.1) is 12.0 Å². The molecule has 2 aliphatic rings. The number of thiazole rings is 1. The van der Waals surface area contributed by atoms with E-state index in [2.05, 4.69) is 9.88 Å². The molecular formula is C13H17N3O3S. The second-order valence-corrected chi connectivity index (χ2v) is 6.05. The Bertz CT molecular complexity index is 497. The van der Waals surface area contributed by atoms with Crippen LogP contribution in [0.5, 0.6) is 0 Å². The van der Waals surface area contributed by atoms with E-state index < -0.39 is 0 Å². The molecule has 2 fully saturated rings. The molecule has 108 valence electrons. The van der Waals surface area contributed by atoms with E-state index in [4.69, 9.17) is 4.74 Å². The summed E-state index contributed by atoms with van der Waals surface area (Å²) >= 11 is 1.37. The maximum absolute atomic E-state index is 12.2. The number of hydrogen-bond acceptors (Lipinski definition) is 6. The third kappa shape index (κ3) is 2.43. The van der Waals surface area contributed by atoms with E-state index in [1.807, 2.05) is 17.2 Å². The van der Waals surface area contributed by atoms with Crippen LogP contribution in [0.4, 0.5) is 0 Å². The monoisotopic (exact) mass is 295 g/mol. The summed E-state index contributed by atoms with van der Waals surface area (Å²) in [6, 6.07) is 0.152. The van der Waals surface area contributed by atoms with E-state index in [0.717, 1.165) is 13.1 Å². The number of hydrogen-bond donors (Lipinski definition) is 0. The van der Waals surface area contributed by atoms with Crippen molar-refractivity contribution in [2.45, 2.75) is 13.0 Å². The average Bonchev–Trinajstić information content (AvgIpc) is 3.10. The molecule has 6 nitrogen and oxygen atoms in total. The van der Waals surface area contributed by atoms with Crippen LogP contribution in [0.15, 0.2) is 11.6 Å². The number of carbonyl (C=O) groups excluding carboxylic acids is 2. The van der Waals surface area contributed by atoms with Crippen LogP contribution in [-0.2, 0) is 9.53 Å². The minimum Gasteiger partial charge on any atom is -0.464 e. The van der Waals surface area contributed by atoms with Crippen molar-refractivity contribution in [1.29, 1.82) is 0 Å². The lowest BCUT2D eigenvalue weighted by Gasteiger charge is -2.37. The van der Waals surface area contributed by atoms with E-state index in [9.17, 15) is 9.59 Å². The van der Waals surface area contributed by atoms with Crippen LogP contribution in [0.3, 0.4) is 0 Å². The first-order valence-corrected chi connectivity index (χ1v) is 7.64. The Labute approximate surface area is 121 Å². The van der Waals surface area contributed by atoms with Crippen molar-refractivity contribution in [3.05, 3.63) is 16.6 Å². The molecule has 20 heavy (non-hydrogen) atoms. The van der Waals surface area contributed by atoms with Gasteiger partial charge >= 0.3 is 5.97 Å². The van der Waals surface area contributed by atoms with Crippen molar-refractivity contribution < 1.29 is 14.3 Å². The minimum atomic E-state index is -0.115. The highest BCUT2D eigenvalue weighted by Gasteiger charge is 2.38. The van der Waals surface area contributed by atoms with E-state index in [1.54, 1.807) is 6.20 Å². The molecule has 3 heterocycles. The van der Waals surface area contributed by atoms with E-state index in [0.29, 0.717) is 24.7 Å². The number of esters is 1. The Morgan fingerprint density at radius 1 is 1.40 bits per heavy atom. The third-order valence-electron chi connectivity index (χ3n) is 4.03. The minimum absolute atomic E-state index is 0.00597. The van der Waals surface area contributed by atoms with Gasteiger partial charge in [-0.2, -0.15) is 0 Å². The molecule has 0 aliphatic carbocycles. The molecule has 0 spiro atoms. The van der Waals surface area contributed by atoms with Gasteiger partial charge in [0.15, 0.2) is 5.01 Å². The summed E-state index contributed by atoms with van der Waals surface area (Å²) in [6.45, 7) is 5.30. The van der Waals surface area contributed by atoms with Gasteiger partial charge in [0, 0.05) is 37.8 Å². The normalized spacial score (nSPS) is 27.6. The van der Waals surface area contributed by atoms with Gasteiger partial charge in [-0.05, 0) is 0 Å². The maximum atomic E-state index is 12.2. The fraction of sp³-hybridized carbons (Fsp3) is 0.615. The first kappa shape index (κ1) is 13.5. The lowest BCUT2D eigenvalue weighted by molar-refractivity contribution is -0.140. The molecule has 1 aromatic heterocycles. The van der Waals surface area contributed by atoms with E-state index in [1.165, 1.54) is 11.3 Å². The SMILES string of the molecule is C[C@@H]1C(=O)OC[C@H]1N1CCN(C(=O)c2nccs2)CC1. The first-order valence-electron chi connectivity index (χ1n) is 6.76. The molecule has 0 bridgehead atoms. The van der Waals surface area contributed by atoms with Gasteiger partial charge in [0.2, 0.25) is 0 Å². The van der Waals surface area contributed by atoms with E-state index >= 15 is 0 Å². The van der Waals surface area contributed by atoms with Crippen LogP contribution >= 0.6 is 11.3 Å². The average molecular weight is 295 g/mol. The first-order chi connectivity index (χ1) is 9.66. The molecule has 0 radical (unpaired) electrons. The van der Waals surface area contributed by atoms with E-state index in [-0.39, 0.29) is 23.8 Å². The van der Waals surface area contributed by atoms with Crippen molar-refractivity contribution in [3.8, 4) is 0 Å². The zero-order valence-corrected chi connectivity index (χ0v) is 12.1. The highest BCUT2D eigenvalue weighted by molar-refractivity contribution is 7.11. The number of piperazine rings is 1. The third-order valence-corrected chi connectivity index (χ3v) is 4.79. The van der Waals surface area contributed by atoms with Crippen molar-refractivity contribution in [3.63, 3.8) is 0 Å². The predicted molar refractivity (Wildman–Crippen MR) is 73.5 cm³/mol. The molecule has 0 unspecified atom stereocenters. The maximum Gasteiger partial charge on any atom is 0.310 e. The number of nitrogens with zero attached hydrogens (tertiary/aromatic N) is 3. The summed E-state index contributed by atoms with van der Waals surface area (Å²) in [5, 5.41) is 2.36. The predicted octanol–water partition coefficient (Wildman–Crippen LogP) is 0.462. The lowest BCUT2D eigenvalue weighted by atomic mass is 10.0. The second kappa shape index (κ2) is 5.49. The van der Waals surface area contributed by atoms with Crippen LogP contribution in [0, 0.1) is 5.92 Å². The van der Waals surface area contributed by atoms with Crippen LogP contribution in [0.25, 0.3) is 0 Å². The number of ether oxygens (including phenoxy) is 1. The topological polar surface area (TPSA) is 62.7 Å². The quantitative estimate of drug-likeness (QED) is 0.742. The van der Waals surface area contributed by atoms with Crippen LogP contribution in [-0.4, -0.2) is 65.5 Å². The molecule has 0 aromatic carbocycles. The summed E-state index contributed by atoms with van der Waals surface area (Å²) in [5.41, 5.74) is 0. The van der Waals surface area contributed by atoms with Gasteiger partial charge in [-0.25, -0.2) is 4.98 Å². The highest BCUT2D eigenvalue weighted by Crippen LogP contribution is 2.22. The largest absolute Gasteiger partial charge is 0.464 e. The second-order valence-electron chi connectivity index (χ2n) is 5.15. The van der Waals surface area contributed by atoms with Crippen LogP contribution in [0.1, 0.15) is 16.7 Å². The van der Waals surface area contributed by atoms with Crippen molar-refractivity contribution in [2.24, 2.45) is 5.92 Å². The fourth-order valence-electron chi connectivity index (χ4n) is 2.74. The molecule has 0 saturated carbocycles. The Balaban J connectivity index is 1.57. The molecule has 0 N–H and O–H groups in total.